The number of carbonyl (C=O) groups is 2. The molecule has 0 aliphatic carbocycles. The van der Waals surface area contributed by atoms with E-state index in [0.29, 0.717) is 11.3 Å². The molecule has 0 aromatic heterocycles. The van der Waals surface area contributed by atoms with Crippen LogP contribution in [-0.4, -0.2) is 18.2 Å². The molecule has 2 aromatic carbocycles. The van der Waals surface area contributed by atoms with E-state index in [0.717, 1.165) is 10.0 Å². The van der Waals surface area contributed by atoms with E-state index >= 15 is 0 Å². The molecule has 1 heterocycles. The van der Waals surface area contributed by atoms with Crippen LogP contribution in [0.15, 0.2) is 53.0 Å². The van der Waals surface area contributed by atoms with Crippen molar-refractivity contribution in [1.82, 2.24) is 0 Å². The van der Waals surface area contributed by atoms with Crippen LogP contribution >= 0.6 is 15.9 Å². The number of ketones is 1. The minimum absolute atomic E-state index is 0.197. The molecule has 3 nitrogen and oxygen atoms in total. The second-order valence-corrected chi connectivity index (χ2v) is 5.47. The zero-order valence-corrected chi connectivity index (χ0v) is 12.6. The lowest BCUT2D eigenvalue weighted by Gasteiger charge is -2.12. The molecule has 4 heteroatoms. The number of amides is 1. The summed E-state index contributed by atoms with van der Waals surface area (Å²) in [6.07, 6.45) is 0. The molecule has 102 valence electrons. The van der Waals surface area contributed by atoms with Crippen LogP contribution < -0.4 is 4.90 Å². The Balaban J connectivity index is 1.87. The van der Waals surface area contributed by atoms with Gasteiger partial charge in [0, 0.05) is 10.0 Å². The molecule has 2 aromatic rings. The monoisotopic (exact) mass is 339 g/mol. The Morgan fingerprint density at radius 1 is 1.05 bits per heavy atom. The average Bonchev–Trinajstić information content (AvgIpc) is 2.73. The van der Waals surface area contributed by atoms with Crippen molar-refractivity contribution in [2.45, 2.75) is 0 Å². The van der Waals surface area contributed by atoms with Crippen LogP contribution in [0.25, 0.3) is 0 Å². The number of nitrogens with zero attached hydrogens (tertiary/aromatic N) is 1. The van der Waals surface area contributed by atoms with Crippen LogP contribution in [0.5, 0.6) is 0 Å². The summed E-state index contributed by atoms with van der Waals surface area (Å²) in [6.45, 7) is 0.197. The van der Waals surface area contributed by atoms with Crippen molar-refractivity contribution in [2.75, 3.05) is 11.4 Å². The molecule has 0 unspecified atom stereocenters. The number of rotatable bonds is 1. The van der Waals surface area contributed by atoms with E-state index in [1.807, 2.05) is 30.3 Å². The molecule has 0 saturated carbocycles. The molecule has 0 radical (unpaired) electrons. The van der Waals surface area contributed by atoms with Crippen LogP contribution in [0.3, 0.4) is 0 Å². The summed E-state index contributed by atoms with van der Waals surface area (Å²) in [5.41, 5.74) is 1.93. The maximum Gasteiger partial charge on any atom is 0.300 e. The molecule has 0 bridgehead atoms. The van der Waals surface area contributed by atoms with Gasteiger partial charge in [0.1, 0.15) is 0 Å². The van der Waals surface area contributed by atoms with Gasteiger partial charge in [-0.1, -0.05) is 46.0 Å². The Hall–Kier alpha value is -2.38. The molecule has 0 N–H and O–H groups in total. The highest BCUT2D eigenvalue weighted by atomic mass is 79.9. The lowest BCUT2D eigenvalue weighted by Crippen LogP contribution is -2.30. The molecule has 3 rings (SSSR count). The fourth-order valence-electron chi connectivity index (χ4n) is 2.17. The number of Topliss-reactive ketones (excluding diaryl/α,β-unsaturated/α-hetero) is 1. The Labute approximate surface area is 130 Å². The Kier molecular flexibility index (Phi) is 3.59. The lowest BCUT2D eigenvalue weighted by molar-refractivity contribution is -0.114. The van der Waals surface area contributed by atoms with Crippen molar-refractivity contribution in [2.24, 2.45) is 0 Å². The molecule has 0 fully saturated rings. The normalized spacial score (nSPS) is 12.9. The number of hydrogen-bond acceptors (Lipinski definition) is 2. The van der Waals surface area contributed by atoms with Gasteiger partial charge in [-0.25, -0.2) is 0 Å². The van der Waals surface area contributed by atoms with Crippen LogP contribution in [0, 0.1) is 11.8 Å². The standard InChI is InChI=1S/C17H10BrNO2/c18-13-8-9-14-15(11-13)19(17(21)16(14)20)10-4-7-12-5-2-1-3-6-12/h1-3,5-6,8-9,11H,10H2. The highest BCUT2D eigenvalue weighted by Crippen LogP contribution is 2.31. The molecule has 21 heavy (non-hydrogen) atoms. The highest BCUT2D eigenvalue weighted by molar-refractivity contribution is 9.10. The molecule has 1 amide bonds. The first-order chi connectivity index (χ1) is 10.2. The first kappa shape index (κ1) is 13.6. The summed E-state index contributed by atoms with van der Waals surface area (Å²) in [5.74, 6) is 4.93. The smallest absolute Gasteiger partial charge is 0.293 e. The third kappa shape index (κ3) is 2.61. The minimum Gasteiger partial charge on any atom is -0.293 e. The quantitative estimate of drug-likeness (QED) is 0.591. The van der Waals surface area contributed by atoms with Crippen molar-refractivity contribution < 1.29 is 9.59 Å². The van der Waals surface area contributed by atoms with Gasteiger partial charge in [-0.15, -0.1) is 0 Å². The highest BCUT2D eigenvalue weighted by Gasteiger charge is 2.35. The topological polar surface area (TPSA) is 37.4 Å². The number of anilines is 1. The number of benzene rings is 2. The van der Waals surface area contributed by atoms with Crippen molar-refractivity contribution >= 4 is 33.3 Å². The summed E-state index contributed by atoms with van der Waals surface area (Å²) in [7, 11) is 0. The zero-order chi connectivity index (χ0) is 14.8. The van der Waals surface area contributed by atoms with E-state index in [4.69, 9.17) is 0 Å². The Morgan fingerprint density at radius 2 is 1.81 bits per heavy atom. The van der Waals surface area contributed by atoms with Gasteiger partial charge >= 0.3 is 0 Å². The molecule has 1 aliphatic rings. The second-order valence-electron chi connectivity index (χ2n) is 4.55. The van der Waals surface area contributed by atoms with Crippen molar-refractivity contribution in [3.8, 4) is 11.8 Å². The van der Waals surface area contributed by atoms with E-state index in [-0.39, 0.29) is 6.54 Å². The van der Waals surface area contributed by atoms with Crippen LogP contribution in [0.1, 0.15) is 15.9 Å². The summed E-state index contributed by atoms with van der Waals surface area (Å²) in [4.78, 5) is 25.3. The zero-order valence-electron chi connectivity index (χ0n) is 11.0. The second kappa shape index (κ2) is 5.55. The van der Waals surface area contributed by atoms with Crippen molar-refractivity contribution in [3.63, 3.8) is 0 Å². The molecule has 0 saturated heterocycles. The summed E-state index contributed by atoms with van der Waals surface area (Å²) < 4.78 is 0.824. The molecule has 0 atom stereocenters. The summed E-state index contributed by atoms with van der Waals surface area (Å²) >= 11 is 3.35. The predicted molar refractivity (Wildman–Crippen MR) is 84.1 cm³/mol. The largest absolute Gasteiger partial charge is 0.300 e. The molecule has 0 spiro atoms. The first-order valence-electron chi connectivity index (χ1n) is 6.36. The van der Waals surface area contributed by atoms with E-state index in [1.165, 1.54) is 4.90 Å². The van der Waals surface area contributed by atoms with E-state index in [1.54, 1.807) is 18.2 Å². The van der Waals surface area contributed by atoms with Gasteiger partial charge in [-0.3, -0.25) is 14.5 Å². The Bertz CT molecular complexity index is 787. The van der Waals surface area contributed by atoms with Gasteiger partial charge in [0.05, 0.1) is 17.8 Å². The van der Waals surface area contributed by atoms with E-state index < -0.39 is 11.7 Å². The van der Waals surface area contributed by atoms with E-state index in [9.17, 15) is 9.59 Å². The fraction of sp³-hybridized carbons (Fsp3) is 0.0588. The summed E-state index contributed by atoms with van der Waals surface area (Å²) in [5, 5.41) is 0. The van der Waals surface area contributed by atoms with Gasteiger partial charge in [0.25, 0.3) is 11.7 Å². The van der Waals surface area contributed by atoms with Gasteiger partial charge in [0.15, 0.2) is 0 Å². The van der Waals surface area contributed by atoms with Crippen LogP contribution in [0.2, 0.25) is 0 Å². The summed E-state index contributed by atoms with van der Waals surface area (Å²) in [6, 6.07) is 14.7. The maximum absolute atomic E-state index is 12.0. The third-order valence-electron chi connectivity index (χ3n) is 3.18. The van der Waals surface area contributed by atoms with Crippen molar-refractivity contribution in [1.29, 1.82) is 0 Å². The van der Waals surface area contributed by atoms with Crippen molar-refractivity contribution in [3.05, 3.63) is 64.1 Å². The fourth-order valence-corrected chi connectivity index (χ4v) is 2.52. The molecule has 1 aliphatic heterocycles. The molecular weight excluding hydrogens is 330 g/mol. The predicted octanol–water partition coefficient (Wildman–Crippen LogP) is 3.03. The van der Waals surface area contributed by atoms with Gasteiger partial charge in [-0.2, -0.15) is 0 Å². The lowest BCUT2D eigenvalue weighted by atomic mass is 10.1. The number of carbonyl (C=O) groups excluding carboxylic acids is 2. The van der Waals surface area contributed by atoms with Crippen LogP contribution in [0.4, 0.5) is 5.69 Å². The van der Waals surface area contributed by atoms with Gasteiger partial charge in [0.2, 0.25) is 0 Å². The minimum atomic E-state index is -0.523. The first-order valence-corrected chi connectivity index (χ1v) is 7.16. The van der Waals surface area contributed by atoms with Gasteiger partial charge in [-0.05, 0) is 30.3 Å². The third-order valence-corrected chi connectivity index (χ3v) is 3.67. The SMILES string of the molecule is O=C1C(=O)N(CC#Cc2ccccc2)c2cc(Br)ccc21. The van der Waals surface area contributed by atoms with Crippen LogP contribution in [-0.2, 0) is 4.79 Å². The number of hydrogen-bond donors (Lipinski definition) is 0. The average molecular weight is 340 g/mol. The number of fused-ring (bicyclic) bond motifs is 1. The number of halogens is 1. The van der Waals surface area contributed by atoms with Gasteiger partial charge < -0.3 is 0 Å². The molecular formula is C17H10BrNO2. The maximum atomic E-state index is 12.0. The van der Waals surface area contributed by atoms with E-state index in [2.05, 4.69) is 27.8 Å². The Morgan fingerprint density at radius 3 is 2.57 bits per heavy atom.